The van der Waals surface area contributed by atoms with Crippen LogP contribution in [0.1, 0.15) is 12.8 Å². The van der Waals surface area contributed by atoms with Gasteiger partial charge in [0, 0.05) is 30.9 Å². The van der Waals surface area contributed by atoms with Crippen molar-refractivity contribution in [3.05, 3.63) is 42.5 Å². The monoisotopic (exact) mass is 345 g/mol. The lowest BCUT2D eigenvalue weighted by Gasteiger charge is -2.32. The van der Waals surface area contributed by atoms with Gasteiger partial charge < -0.3 is 20.3 Å². The van der Waals surface area contributed by atoms with Gasteiger partial charge in [-0.3, -0.25) is 0 Å². The van der Waals surface area contributed by atoms with Gasteiger partial charge in [-0.2, -0.15) is 0 Å². The Labute approximate surface area is 145 Å². The summed E-state index contributed by atoms with van der Waals surface area (Å²) in [5.74, 6) is 0.890. The maximum Gasteiger partial charge on any atom is 0.321 e. The first-order valence-electron chi connectivity index (χ1n) is 8.08. The van der Waals surface area contributed by atoms with Gasteiger partial charge in [-0.15, -0.1) is 0 Å². The molecule has 0 radical (unpaired) electrons. The molecule has 132 valence electrons. The lowest BCUT2D eigenvalue weighted by atomic mass is 10.1. The number of carbonyl (C=O) groups is 1. The Kier molecular flexibility index (Phi) is 5.27. The number of ether oxygens (including phenoxy) is 1. The molecule has 0 spiro atoms. The number of aromatic nitrogens is 2. The van der Waals surface area contributed by atoms with Crippen LogP contribution in [-0.2, 0) is 0 Å². The zero-order chi connectivity index (χ0) is 17.6. The first kappa shape index (κ1) is 16.9. The number of amides is 2. The molecule has 7 nitrogen and oxygen atoms in total. The highest BCUT2D eigenvalue weighted by molar-refractivity contribution is 5.89. The molecule has 25 heavy (non-hydrogen) atoms. The van der Waals surface area contributed by atoms with Crippen molar-refractivity contribution in [2.24, 2.45) is 0 Å². The van der Waals surface area contributed by atoms with Crippen molar-refractivity contribution in [1.29, 1.82) is 0 Å². The van der Waals surface area contributed by atoms with Gasteiger partial charge in [-0.05, 0) is 37.1 Å². The fourth-order valence-electron chi connectivity index (χ4n) is 2.70. The number of likely N-dealkylation sites (tertiary alicyclic amines) is 1. The van der Waals surface area contributed by atoms with Crippen molar-refractivity contribution >= 4 is 17.5 Å². The van der Waals surface area contributed by atoms with E-state index in [0.717, 1.165) is 12.8 Å². The van der Waals surface area contributed by atoms with Crippen molar-refractivity contribution < 1.29 is 13.9 Å². The zero-order valence-electron chi connectivity index (χ0n) is 13.9. The molecule has 2 N–H and O–H groups in total. The predicted molar refractivity (Wildman–Crippen MR) is 92.2 cm³/mol. The molecular formula is C17H20FN5O2. The maximum absolute atomic E-state index is 12.9. The fraction of sp³-hybridized carbons (Fsp3) is 0.353. The number of halogens is 1. The second-order valence-corrected chi connectivity index (χ2v) is 5.79. The SMILES string of the molecule is COc1cc(NC2CCN(C(=O)Nc3ccc(F)cc3)CC2)ncn1. The molecular weight excluding hydrogens is 325 g/mol. The molecule has 3 rings (SSSR count). The number of methoxy groups -OCH3 is 1. The van der Waals surface area contributed by atoms with E-state index < -0.39 is 0 Å². The molecule has 1 aromatic carbocycles. The third-order valence-electron chi connectivity index (χ3n) is 4.08. The van der Waals surface area contributed by atoms with E-state index in [1.807, 2.05) is 0 Å². The van der Waals surface area contributed by atoms with Crippen LogP contribution in [0.15, 0.2) is 36.7 Å². The molecule has 1 fully saturated rings. The number of nitrogens with zero attached hydrogens (tertiary/aromatic N) is 3. The van der Waals surface area contributed by atoms with E-state index in [1.54, 1.807) is 30.2 Å². The van der Waals surface area contributed by atoms with Crippen LogP contribution >= 0.6 is 0 Å². The number of anilines is 2. The minimum absolute atomic E-state index is 0.172. The molecule has 2 amide bonds. The summed E-state index contributed by atoms with van der Waals surface area (Å²) in [6, 6.07) is 7.54. The lowest BCUT2D eigenvalue weighted by molar-refractivity contribution is 0.197. The van der Waals surface area contributed by atoms with E-state index in [0.29, 0.717) is 30.5 Å². The summed E-state index contributed by atoms with van der Waals surface area (Å²) < 4.78 is 18.0. The van der Waals surface area contributed by atoms with E-state index in [1.165, 1.54) is 18.5 Å². The van der Waals surface area contributed by atoms with Crippen LogP contribution in [0.2, 0.25) is 0 Å². The Morgan fingerprint density at radius 3 is 2.64 bits per heavy atom. The molecule has 1 saturated heterocycles. The molecule has 0 atom stereocenters. The number of urea groups is 1. The van der Waals surface area contributed by atoms with Crippen molar-refractivity contribution in [1.82, 2.24) is 14.9 Å². The van der Waals surface area contributed by atoms with Gasteiger partial charge in [0.05, 0.1) is 7.11 Å². The fourth-order valence-corrected chi connectivity index (χ4v) is 2.70. The summed E-state index contributed by atoms with van der Waals surface area (Å²) >= 11 is 0. The van der Waals surface area contributed by atoms with Gasteiger partial charge in [-0.1, -0.05) is 0 Å². The minimum Gasteiger partial charge on any atom is -0.481 e. The smallest absolute Gasteiger partial charge is 0.321 e. The first-order valence-corrected chi connectivity index (χ1v) is 8.08. The Bertz CT molecular complexity index is 717. The Balaban J connectivity index is 1.49. The van der Waals surface area contributed by atoms with Gasteiger partial charge in [0.25, 0.3) is 0 Å². The maximum atomic E-state index is 12.9. The summed E-state index contributed by atoms with van der Waals surface area (Å²) in [4.78, 5) is 22.2. The summed E-state index contributed by atoms with van der Waals surface area (Å²) in [5, 5.41) is 6.12. The molecule has 0 unspecified atom stereocenters. The van der Waals surface area contributed by atoms with Crippen LogP contribution in [0.25, 0.3) is 0 Å². The Morgan fingerprint density at radius 2 is 1.96 bits per heavy atom. The third-order valence-corrected chi connectivity index (χ3v) is 4.08. The number of hydrogen-bond acceptors (Lipinski definition) is 5. The van der Waals surface area contributed by atoms with Crippen molar-refractivity contribution in [3.63, 3.8) is 0 Å². The molecule has 0 aliphatic carbocycles. The van der Waals surface area contributed by atoms with Gasteiger partial charge in [0.1, 0.15) is 18.0 Å². The average molecular weight is 345 g/mol. The topological polar surface area (TPSA) is 79.4 Å². The molecule has 0 bridgehead atoms. The van der Waals surface area contributed by atoms with Gasteiger partial charge in [0.15, 0.2) is 0 Å². The quantitative estimate of drug-likeness (QED) is 0.891. The highest BCUT2D eigenvalue weighted by Gasteiger charge is 2.23. The predicted octanol–water partition coefficient (Wildman–Crippen LogP) is 2.73. The summed E-state index contributed by atoms with van der Waals surface area (Å²) in [6.07, 6.45) is 3.07. The number of carbonyl (C=O) groups excluding carboxylic acids is 1. The van der Waals surface area contributed by atoms with E-state index in [4.69, 9.17) is 4.74 Å². The highest BCUT2D eigenvalue weighted by atomic mass is 19.1. The number of piperidine rings is 1. The van der Waals surface area contributed by atoms with Crippen LogP contribution in [0.4, 0.5) is 20.7 Å². The number of benzene rings is 1. The largest absolute Gasteiger partial charge is 0.481 e. The Morgan fingerprint density at radius 1 is 1.24 bits per heavy atom. The minimum atomic E-state index is -0.328. The summed E-state index contributed by atoms with van der Waals surface area (Å²) in [5.41, 5.74) is 0.583. The molecule has 1 aliphatic heterocycles. The standard InChI is InChI=1S/C17H20FN5O2/c1-25-16-10-15(19-11-20-16)21-14-6-8-23(9-7-14)17(24)22-13-4-2-12(18)3-5-13/h2-5,10-11,14H,6-9H2,1H3,(H,22,24)(H,19,20,21). The number of rotatable bonds is 4. The highest BCUT2D eigenvalue weighted by Crippen LogP contribution is 2.18. The molecule has 0 saturated carbocycles. The third kappa shape index (κ3) is 4.56. The number of nitrogens with one attached hydrogen (secondary N) is 2. The normalized spacial score (nSPS) is 14.9. The second kappa shape index (κ2) is 7.78. The van der Waals surface area contributed by atoms with Crippen molar-refractivity contribution in [2.45, 2.75) is 18.9 Å². The van der Waals surface area contributed by atoms with Gasteiger partial charge in [0.2, 0.25) is 5.88 Å². The van der Waals surface area contributed by atoms with Crippen LogP contribution < -0.4 is 15.4 Å². The molecule has 1 aromatic heterocycles. The van der Waals surface area contributed by atoms with Gasteiger partial charge in [-0.25, -0.2) is 19.2 Å². The van der Waals surface area contributed by atoms with E-state index in [9.17, 15) is 9.18 Å². The van der Waals surface area contributed by atoms with Crippen molar-refractivity contribution in [3.8, 4) is 5.88 Å². The first-order chi connectivity index (χ1) is 12.1. The summed E-state index contributed by atoms with van der Waals surface area (Å²) in [7, 11) is 1.56. The molecule has 2 heterocycles. The summed E-state index contributed by atoms with van der Waals surface area (Å²) in [6.45, 7) is 1.26. The Hall–Kier alpha value is -2.90. The van der Waals surface area contributed by atoms with E-state index in [-0.39, 0.29) is 17.9 Å². The lowest BCUT2D eigenvalue weighted by Crippen LogP contribution is -2.44. The van der Waals surface area contributed by atoms with Crippen molar-refractivity contribution in [2.75, 3.05) is 30.8 Å². The molecule has 1 aliphatic rings. The van der Waals surface area contributed by atoms with Crippen LogP contribution in [0, 0.1) is 5.82 Å². The van der Waals surface area contributed by atoms with Gasteiger partial charge >= 0.3 is 6.03 Å². The van der Waals surface area contributed by atoms with Crippen LogP contribution in [0.3, 0.4) is 0 Å². The molecule has 8 heteroatoms. The average Bonchev–Trinajstić information content (AvgIpc) is 2.64. The number of hydrogen-bond donors (Lipinski definition) is 2. The van der Waals surface area contributed by atoms with Crippen LogP contribution in [-0.4, -0.2) is 47.1 Å². The second-order valence-electron chi connectivity index (χ2n) is 5.79. The van der Waals surface area contributed by atoms with Crippen LogP contribution in [0.5, 0.6) is 5.88 Å². The van der Waals surface area contributed by atoms with E-state index >= 15 is 0 Å². The zero-order valence-corrected chi connectivity index (χ0v) is 13.9. The van der Waals surface area contributed by atoms with E-state index in [2.05, 4.69) is 20.6 Å². The molecule has 2 aromatic rings.